The van der Waals surface area contributed by atoms with Crippen molar-refractivity contribution in [2.45, 2.75) is 51.2 Å². The molecule has 180 valence electrons. The van der Waals surface area contributed by atoms with E-state index in [9.17, 15) is 14.4 Å². The second-order valence-electron chi connectivity index (χ2n) is 9.70. The van der Waals surface area contributed by atoms with E-state index in [0.717, 1.165) is 18.5 Å². The fraction of sp³-hybridized carbons (Fsp3) is 0.625. The van der Waals surface area contributed by atoms with Gasteiger partial charge in [0.1, 0.15) is 5.75 Å². The smallest absolute Gasteiger partial charge is 0.270 e. The fourth-order valence-corrected chi connectivity index (χ4v) is 4.69. The van der Waals surface area contributed by atoms with Crippen LogP contribution in [0.4, 0.5) is 11.4 Å². The predicted octanol–water partition coefficient (Wildman–Crippen LogP) is 1.43. The van der Waals surface area contributed by atoms with Gasteiger partial charge in [-0.2, -0.15) is 0 Å². The minimum absolute atomic E-state index is 0.00906. The molecule has 1 aromatic rings. The summed E-state index contributed by atoms with van der Waals surface area (Å²) in [5.74, 6) is -0.545. The fourth-order valence-electron chi connectivity index (χ4n) is 4.69. The molecule has 33 heavy (non-hydrogen) atoms. The molecule has 2 atom stereocenters. The first kappa shape index (κ1) is 23.5. The van der Waals surface area contributed by atoms with Crippen LogP contribution in [0.5, 0.6) is 5.75 Å². The van der Waals surface area contributed by atoms with Crippen molar-refractivity contribution in [2.24, 2.45) is 17.6 Å². The molecule has 1 aliphatic carbocycles. The van der Waals surface area contributed by atoms with Crippen LogP contribution in [-0.2, 0) is 19.1 Å². The lowest BCUT2D eigenvalue weighted by Crippen LogP contribution is -2.53. The number of benzene rings is 1. The molecule has 1 aromatic carbocycles. The Kier molecular flexibility index (Phi) is 6.63. The molecule has 3 aliphatic rings. The summed E-state index contributed by atoms with van der Waals surface area (Å²) >= 11 is 0. The number of carbonyl (C=O) groups excluding carboxylic acids is 3. The summed E-state index contributed by atoms with van der Waals surface area (Å²) in [5, 5.41) is 3.18. The molecular formula is C24H34N4O5. The van der Waals surface area contributed by atoms with Crippen LogP contribution < -0.4 is 25.6 Å². The van der Waals surface area contributed by atoms with E-state index >= 15 is 0 Å². The molecular weight excluding hydrogens is 424 g/mol. The molecule has 0 aromatic heterocycles. The van der Waals surface area contributed by atoms with Gasteiger partial charge in [-0.05, 0) is 57.7 Å². The van der Waals surface area contributed by atoms with Crippen molar-refractivity contribution in [3.8, 4) is 5.75 Å². The molecule has 4 rings (SSSR count). The number of rotatable bonds is 8. The summed E-state index contributed by atoms with van der Waals surface area (Å²) in [5.41, 5.74) is 5.95. The highest BCUT2D eigenvalue weighted by atomic mass is 16.5. The van der Waals surface area contributed by atoms with E-state index in [0.29, 0.717) is 50.5 Å². The summed E-state index contributed by atoms with van der Waals surface area (Å²) in [4.78, 5) is 42.0. The summed E-state index contributed by atoms with van der Waals surface area (Å²) in [7, 11) is 1.64. The van der Waals surface area contributed by atoms with Crippen LogP contribution in [0.1, 0.15) is 39.5 Å². The van der Waals surface area contributed by atoms with Crippen LogP contribution in [0.2, 0.25) is 0 Å². The zero-order valence-electron chi connectivity index (χ0n) is 19.6. The average molecular weight is 459 g/mol. The minimum Gasteiger partial charge on any atom is -0.476 e. The van der Waals surface area contributed by atoms with Gasteiger partial charge in [-0.25, -0.2) is 0 Å². The van der Waals surface area contributed by atoms with Gasteiger partial charge in [-0.3, -0.25) is 14.4 Å². The lowest BCUT2D eigenvalue weighted by molar-refractivity contribution is -0.132. The molecule has 0 radical (unpaired) electrons. The van der Waals surface area contributed by atoms with E-state index in [-0.39, 0.29) is 35.6 Å². The molecule has 1 saturated heterocycles. The van der Waals surface area contributed by atoms with E-state index in [2.05, 4.69) is 5.32 Å². The Morgan fingerprint density at radius 3 is 2.67 bits per heavy atom. The summed E-state index contributed by atoms with van der Waals surface area (Å²) in [6.07, 6.45) is 3.01. The normalized spacial score (nSPS) is 24.1. The Balaban J connectivity index is 1.63. The molecule has 1 saturated carbocycles. The number of anilines is 2. The highest BCUT2D eigenvalue weighted by Crippen LogP contribution is 2.43. The van der Waals surface area contributed by atoms with Crippen molar-refractivity contribution >= 4 is 29.1 Å². The maximum atomic E-state index is 13.6. The third-order valence-electron chi connectivity index (χ3n) is 6.62. The van der Waals surface area contributed by atoms with Gasteiger partial charge in [-0.15, -0.1) is 0 Å². The van der Waals surface area contributed by atoms with E-state index in [1.54, 1.807) is 25.9 Å². The van der Waals surface area contributed by atoms with Crippen molar-refractivity contribution in [2.75, 3.05) is 43.2 Å². The molecule has 3 N–H and O–H groups in total. The maximum absolute atomic E-state index is 13.6. The summed E-state index contributed by atoms with van der Waals surface area (Å²) in [6, 6.07) is 5.74. The second-order valence-corrected chi connectivity index (χ2v) is 9.70. The quantitative estimate of drug-likeness (QED) is 0.570. The molecule has 0 spiro atoms. The summed E-state index contributed by atoms with van der Waals surface area (Å²) in [6.45, 7) is 5.60. The monoisotopic (exact) mass is 458 g/mol. The minimum atomic E-state index is -0.967. The number of ether oxygens (including phenoxy) is 2. The molecule has 9 heteroatoms. The van der Waals surface area contributed by atoms with E-state index in [4.69, 9.17) is 15.2 Å². The molecule has 2 fully saturated rings. The van der Waals surface area contributed by atoms with Crippen molar-refractivity contribution in [1.82, 2.24) is 5.32 Å². The van der Waals surface area contributed by atoms with Crippen LogP contribution in [0, 0.1) is 11.8 Å². The van der Waals surface area contributed by atoms with Crippen LogP contribution in [0.25, 0.3) is 0 Å². The number of methoxy groups -OCH3 is 1. The number of nitrogens with two attached hydrogens (primary N) is 1. The SMILES string of the molecule is COCCCN1C(=O)C(C)(C)Oc2ccc(N(C(=O)C3CNCC(C(N)=O)C3)C3CC3)cc21. The largest absolute Gasteiger partial charge is 0.476 e. The van der Waals surface area contributed by atoms with Crippen LogP contribution in [0.15, 0.2) is 18.2 Å². The first-order valence-electron chi connectivity index (χ1n) is 11.7. The molecule has 0 bridgehead atoms. The van der Waals surface area contributed by atoms with E-state index < -0.39 is 5.60 Å². The Morgan fingerprint density at radius 1 is 1.27 bits per heavy atom. The Hall–Kier alpha value is -2.65. The average Bonchev–Trinajstić information content (AvgIpc) is 3.62. The first-order valence-corrected chi connectivity index (χ1v) is 11.7. The highest BCUT2D eigenvalue weighted by Gasteiger charge is 2.43. The molecule has 3 amide bonds. The number of nitrogens with one attached hydrogen (secondary N) is 1. The Labute approximate surface area is 194 Å². The van der Waals surface area contributed by atoms with Crippen molar-refractivity contribution < 1.29 is 23.9 Å². The third kappa shape index (κ3) is 4.84. The number of amides is 3. The number of nitrogens with zero attached hydrogens (tertiary/aromatic N) is 2. The summed E-state index contributed by atoms with van der Waals surface area (Å²) < 4.78 is 11.2. The van der Waals surface area contributed by atoms with E-state index in [1.807, 2.05) is 23.1 Å². The van der Waals surface area contributed by atoms with Gasteiger partial charge in [0.15, 0.2) is 5.60 Å². The van der Waals surface area contributed by atoms with Gasteiger partial charge >= 0.3 is 0 Å². The van der Waals surface area contributed by atoms with Gasteiger partial charge < -0.3 is 30.3 Å². The highest BCUT2D eigenvalue weighted by molar-refractivity contribution is 6.04. The zero-order valence-corrected chi connectivity index (χ0v) is 19.6. The van der Waals surface area contributed by atoms with Crippen LogP contribution in [0.3, 0.4) is 0 Å². The van der Waals surface area contributed by atoms with Crippen molar-refractivity contribution in [1.29, 1.82) is 0 Å². The maximum Gasteiger partial charge on any atom is 0.270 e. The van der Waals surface area contributed by atoms with Gasteiger partial charge in [0.2, 0.25) is 11.8 Å². The van der Waals surface area contributed by atoms with Crippen molar-refractivity contribution in [3.63, 3.8) is 0 Å². The van der Waals surface area contributed by atoms with Crippen molar-refractivity contribution in [3.05, 3.63) is 18.2 Å². The molecule has 2 unspecified atom stereocenters. The second kappa shape index (κ2) is 9.30. The van der Waals surface area contributed by atoms with Gasteiger partial charge in [-0.1, -0.05) is 0 Å². The third-order valence-corrected chi connectivity index (χ3v) is 6.62. The number of piperidine rings is 1. The lowest BCUT2D eigenvalue weighted by atomic mass is 9.89. The number of hydrogen-bond donors (Lipinski definition) is 2. The standard InChI is InChI=1S/C24H34N4O5/c1-24(2)23(31)27(9-4-10-32-3)19-12-18(7-8-20(19)33-24)28(17-5-6-17)22(30)16-11-15(21(25)29)13-26-14-16/h7-8,12,15-17,26H,4-6,9-11,13-14H2,1-3H3,(H2,25,29). The van der Waals surface area contributed by atoms with Crippen LogP contribution >= 0.6 is 0 Å². The zero-order chi connectivity index (χ0) is 23.8. The Bertz CT molecular complexity index is 929. The number of hydrogen-bond acceptors (Lipinski definition) is 6. The van der Waals surface area contributed by atoms with Gasteiger partial charge in [0.05, 0.1) is 17.5 Å². The molecule has 9 nitrogen and oxygen atoms in total. The Morgan fingerprint density at radius 2 is 2.00 bits per heavy atom. The number of primary amides is 1. The number of carbonyl (C=O) groups is 3. The van der Waals surface area contributed by atoms with E-state index in [1.165, 1.54) is 0 Å². The first-order chi connectivity index (χ1) is 15.7. The topological polar surface area (TPSA) is 114 Å². The van der Waals surface area contributed by atoms with Gasteiger partial charge in [0, 0.05) is 45.1 Å². The molecule has 2 heterocycles. The predicted molar refractivity (Wildman–Crippen MR) is 124 cm³/mol. The number of fused-ring (bicyclic) bond motifs is 1. The van der Waals surface area contributed by atoms with Crippen LogP contribution in [-0.4, -0.2) is 62.7 Å². The molecule has 2 aliphatic heterocycles. The lowest BCUT2D eigenvalue weighted by Gasteiger charge is -2.39. The van der Waals surface area contributed by atoms with Gasteiger partial charge in [0.25, 0.3) is 5.91 Å².